The van der Waals surface area contributed by atoms with Crippen molar-refractivity contribution in [1.82, 2.24) is 5.32 Å². The third-order valence-electron chi connectivity index (χ3n) is 3.19. The SMILES string of the molecule is COc1ccc(/C(=C/S(=O)(=O)c2ccccc2)NC(C)C)cc1. The molecule has 1 N–H and O–H groups in total. The molecule has 4 nitrogen and oxygen atoms in total. The average molecular weight is 331 g/mol. The molecule has 5 heteroatoms. The molecule has 0 radical (unpaired) electrons. The van der Waals surface area contributed by atoms with Crippen molar-refractivity contribution < 1.29 is 13.2 Å². The molecule has 0 atom stereocenters. The molecule has 0 amide bonds. The predicted molar refractivity (Wildman–Crippen MR) is 92.9 cm³/mol. The van der Waals surface area contributed by atoms with Gasteiger partial charge in [-0.25, -0.2) is 8.42 Å². The smallest absolute Gasteiger partial charge is 0.201 e. The van der Waals surface area contributed by atoms with Crippen LogP contribution in [0.15, 0.2) is 64.9 Å². The van der Waals surface area contributed by atoms with E-state index in [9.17, 15) is 8.42 Å². The van der Waals surface area contributed by atoms with Crippen molar-refractivity contribution in [2.24, 2.45) is 0 Å². The van der Waals surface area contributed by atoms with Gasteiger partial charge in [-0.1, -0.05) is 18.2 Å². The summed E-state index contributed by atoms with van der Waals surface area (Å²) in [5.41, 5.74) is 1.35. The van der Waals surface area contributed by atoms with Crippen LogP contribution in [0.1, 0.15) is 19.4 Å². The second-order valence-corrected chi connectivity index (χ2v) is 7.21. The van der Waals surface area contributed by atoms with E-state index in [0.29, 0.717) is 5.70 Å². The van der Waals surface area contributed by atoms with E-state index in [-0.39, 0.29) is 10.9 Å². The zero-order valence-electron chi connectivity index (χ0n) is 13.5. The second kappa shape index (κ2) is 7.33. The third-order valence-corrected chi connectivity index (χ3v) is 4.67. The van der Waals surface area contributed by atoms with E-state index in [4.69, 9.17) is 4.74 Å². The number of hydrogen-bond donors (Lipinski definition) is 1. The molecule has 2 rings (SSSR count). The summed E-state index contributed by atoms with van der Waals surface area (Å²) in [5.74, 6) is 0.726. The van der Waals surface area contributed by atoms with Gasteiger partial charge in [-0.05, 0) is 55.8 Å². The van der Waals surface area contributed by atoms with E-state index in [1.807, 2.05) is 26.0 Å². The fraction of sp³-hybridized carbons (Fsp3) is 0.222. The number of nitrogens with one attached hydrogen (secondary N) is 1. The van der Waals surface area contributed by atoms with Crippen LogP contribution in [-0.2, 0) is 9.84 Å². The molecular weight excluding hydrogens is 310 g/mol. The summed E-state index contributed by atoms with van der Waals surface area (Å²) in [6.07, 6.45) is 0. The van der Waals surface area contributed by atoms with Crippen molar-refractivity contribution in [3.8, 4) is 5.75 Å². The number of benzene rings is 2. The van der Waals surface area contributed by atoms with Crippen LogP contribution < -0.4 is 10.1 Å². The monoisotopic (exact) mass is 331 g/mol. The lowest BCUT2D eigenvalue weighted by Gasteiger charge is -2.15. The van der Waals surface area contributed by atoms with Crippen LogP contribution in [-0.4, -0.2) is 21.6 Å². The van der Waals surface area contributed by atoms with Crippen LogP contribution in [0, 0.1) is 0 Å². The molecule has 0 heterocycles. The molecule has 23 heavy (non-hydrogen) atoms. The van der Waals surface area contributed by atoms with Gasteiger partial charge in [0.15, 0.2) is 0 Å². The normalized spacial score (nSPS) is 12.3. The van der Waals surface area contributed by atoms with Gasteiger partial charge in [0.2, 0.25) is 9.84 Å². The molecule has 0 saturated carbocycles. The van der Waals surface area contributed by atoms with Crippen LogP contribution in [0.25, 0.3) is 5.70 Å². The Morgan fingerprint density at radius 1 is 1.04 bits per heavy atom. The summed E-state index contributed by atoms with van der Waals surface area (Å²) in [6, 6.07) is 15.8. The quantitative estimate of drug-likeness (QED) is 0.881. The fourth-order valence-corrected chi connectivity index (χ4v) is 3.29. The van der Waals surface area contributed by atoms with E-state index in [1.54, 1.807) is 49.6 Å². The predicted octanol–water partition coefficient (Wildman–Crippen LogP) is 3.47. The van der Waals surface area contributed by atoms with Crippen LogP contribution in [0.5, 0.6) is 5.75 Å². The third kappa shape index (κ3) is 4.60. The number of hydrogen-bond acceptors (Lipinski definition) is 4. The lowest BCUT2D eigenvalue weighted by Crippen LogP contribution is -2.22. The molecule has 0 spiro atoms. The van der Waals surface area contributed by atoms with Gasteiger partial charge in [-0.2, -0.15) is 0 Å². The number of methoxy groups -OCH3 is 1. The van der Waals surface area contributed by atoms with Gasteiger partial charge in [0.25, 0.3) is 0 Å². The first-order valence-corrected chi connectivity index (χ1v) is 8.90. The van der Waals surface area contributed by atoms with E-state index in [2.05, 4.69) is 5.32 Å². The van der Waals surface area contributed by atoms with Crippen molar-refractivity contribution in [3.63, 3.8) is 0 Å². The van der Waals surface area contributed by atoms with Crippen molar-refractivity contribution in [3.05, 3.63) is 65.6 Å². The molecular formula is C18H21NO3S. The summed E-state index contributed by atoms with van der Waals surface area (Å²) in [4.78, 5) is 0.275. The van der Waals surface area contributed by atoms with Gasteiger partial charge >= 0.3 is 0 Å². The Bertz CT molecular complexity index is 764. The van der Waals surface area contributed by atoms with E-state index in [0.717, 1.165) is 11.3 Å². The molecule has 0 fully saturated rings. The number of sulfone groups is 1. The Balaban J connectivity index is 2.45. The van der Waals surface area contributed by atoms with E-state index in [1.165, 1.54) is 5.41 Å². The summed E-state index contributed by atoms with van der Waals surface area (Å²) in [7, 11) is -1.93. The standard InChI is InChI=1S/C18H21NO3S/c1-14(2)19-18(15-9-11-16(22-3)12-10-15)13-23(20,21)17-7-5-4-6-8-17/h4-14,19H,1-3H3/b18-13-. The molecule has 122 valence electrons. The Labute approximate surface area is 137 Å². The zero-order valence-corrected chi connectivity index (χ0v) is 14.3. The van der Waals surface area contributed by atoms with Crippen LogP contribution in [0.4, 0.5) is 0 Å². The highest BCUT2D eigenvalue weighted by Crippen LogP contribution is 2.21. The van der Waals surface area contributed by atoms with Crippen molar-refractivity contribution in [1.29, 1.82) is 0 Å². The fourth-order valence-electron chi connectivity index (χ4n) is 2.10. The number of rotatable bonds is 6. The minimum atomic E-state index is -3.52. The van der Waals surface area contributed by atoms with Crippen molar-refractivity contribution >= 4 is 15.5 Å². The summed E-state index contributed by atoms with van der Waals surface area (Å²) < 4.78 is 30.3. The minimum Gasteiger partial charge on any atom is -0.497 e. The Kier molecular flexibility index (Phi) is 5.45. The molecule has 0 aliphatic heterocycles. The topological polar surface area (TPSA) is 55.4 Å². The van der Waals surface area contributed by atoms with Crippen molar-refractivity contribution in [2.45, 2.75) is 24.8 Å². The Morgan fingerprint density at radius 3 is 2.17 bits per heavy atom. The maximum absolute atomic E-state index is 12.6. The largest absolute Gasteiger partial charge is 0.497 e. The Morgan fingerprint density at radius 2 is 1.65 bits per heavy atom. The van der Waals surface area contributed by atoms with Gasteiger partial charge in [0, 0.05) is 6.04 Å². The maximum atomic E-state index is 12.6. The van der Waals surface area contributed by atoms with Crippen LogP contribution >= 0.6 is 0 Å². The van der Waals surface area contributed by atoms with Crippen molar-refractivity contribution in [2.75, 3.05) is 7.11 Å². The van der Waals surface area contributed by atoms with E-state index >= 15 is 0 Å². The lowest BCUT2D eigenvalue weighted by atomic mass is 10.1. The summed E-state index contributed by atoms with van der Waals surface area (Å²) in [6.45, 7) is 3.93. The van der Waals surface area contributed by atoms with Gasteiger partial charge in [0.1, 0.15) is 5.75 Å². The van der Waals surface area contributed by atoms with Gasteiger partial charge < -0.3 is 10.1 Å². The van der Waals surface area contributed by atoms with Gasteiger partial charge in [0.05, 0.1) is 23.1 Å². The van der Waals surface area contributed by atoms with E-state index < -0.39 is 9.84 Å². The molecule has 0 saturated heterocycles. The minimum absolute atomic E-state index is 0.106. The first kappa shape index (κ1) is 17.1. The summed E-state index contributed by atoms with van der Waals surface area (Å²) >= 11 is 0. The van der Waals surface area contributed by atoms with Gasteiger partial charge in [-0.3, -0.25) is 0 Å². The molecule has 0 aliphatic carbocycles. The second-order valence-electron chi connectivity index (χ2n) is 5.42. The first-order chi connectivity index (χ1) is 10.9. The average Bonchev–Trinajstić information content (AvgIpc) is 2.54. The zero-order chi connectivity index (χ0) is 16.9. The maximum Gasteiger partial charge on any atom is 0.201 e. The molecule has 0 unspecified atom stereocenters. The Hall–Kier alpha value is -2.27. The summed E-state index contributed by atoms with van der Waals surface area (Å²) in [5, 5.41) is 4.48. The highest BCUT2D eigenvalue weighted by molar-refractivity contribution is 7.94. The van der Waals surface area contributed by atoms with Gasteiger partial charge in [-0.15, -0.1) is 0 Å². The molecule has 0 aromatic heterocycles. The van der Waals surface area contributed by atoms with Crippen LogP contribution in [0.2, 0.25) is 0 Å². The highest BCUT2D eigenvalue weighted by atomic mass is 32.2. The molecule has 2 aromatic rings. The number of ether oxygens (including phenoxy) is 1. The highest BCUT2D eigenvalue weighted by Gasteiger charge is 2.14. The first-order valence-electron chi connectivity index (χ1n) is 7.35. The molecule has 0 bridgehead atoms. The molecule has 2 aromatic carbocycles. The van der Waals surface area contributed by atoms with Crippen LogP contribution in [0.3, 0.4) is 0 Å². The molecule has 0 aliphatic rings. The lowest BCUT2D eigenvalue weighted by molar-refractivity contribution is 0.415.